The fourth-order valence-corrected chi connectivity index (χ4v) is 5.49. The van der Waals surface area contributed by atoms with Gasteiger partial charge in [-0.15, -0.1) is 0 Å². The molecular formula is C19H20IN. The molecule has 2 aliphatic heterocycles. The Labute approximate surface area is 140 Å². The molecule has 0 aliphatic carbocycles. The van der Waals surface area contributed by atoms with Crippen molar-refractivity contribution >= 4 is 22.6 Å². The van der Waals surface area contributed by atoms with Gasteiger partial charge in [-0.3, -0.25) is 4.90 Å². The van der Waals surface area contributed by atoms with Crippen LogP contribution in [-0.4, -0.2) is 11.9 Å². The van der Waals surface area contributed by atoms with Crippen molar-refractivity contribution in [3.8, 4) is 0 Å². The lowest BCUT2D eigenvalue weighted by molar-refractivity contribution is 0.103. The third-order valence-electron chi connectivity index (χ3n) is 5.86. The number of hydrogen-bond donors (Lipinski definition) is 0. The molecule has 4 rings (SSSR count). The lowest BCUT2D eigenvalue weighted by Gasteiger charge is -2.36. The Morgan fingerprint density at radius 2 is 1.38 bits per heavy atom. The minimum absolute atomic E-state index is 0.0586. The molecule has 0 saturated heterocycles. The van der Waals surface area contributed by atoms with Crippen LogP contribution in [0.4, 0.5) is 0 Å². The Bertz CT molecular complexity index is 738. The molecule has 0 fully saturated rings. The van der Waals surface area contributed by atoms with E-state index in [4.69, 9.17) is 0 Å². The van der Waals surface area contributed by atoms with E-state index in [1.165, 1.54) is 25.8 Å². The van der Waals surface area contributed by atoms with Gasteiger partial charge < -0.3 is 0 Å². The second kappa shape index (κ2) is 4.32. The molecule has 21 heavy (non-hydrogen) atoms. The van der Waals surface area contributed by atoms with Crippen molar-refractivity contribution in [2.24, 2.45) is 0 Å². The van der Waals surface area contributed by atoms with Gasteiger partial charge in [0.2, 0.25) is 0 Å². The molecule has 0 saturated carbocycles. The van der Waals surface area contributed by atoms with Crippen LogP contribution in [0.2, 0.25) is 0 Å². The minimum atomic E-state index is 0.0586. The molecule has 2 heteroatoms. The van der Waals surface area contributed by atoms with E-state index in [1.807, 2.05) is 0 Å². The maximum Gasteiger partial charge on any atom is 0.0727 e. The van der Waals surface area contributed by atoms with Gasteiger partial charge in [-0.1, -0.05) is 44.2 Å². The van der Waals surface area contributed by atoms with E-state index in [2.05, 4.69) is 90.9 Å². The maximum absolute atomic E-state index is 2.64. The van der Waals surface area contributed by atoms with Crippen molar-refractivity contribution in [1.29, 1.82) is 0 Å². The molecule has 0 amide bonds. The van der Waals surface area contributed by atoms with Crippen LogP contribution >= 0.6 is 22.6 Å². The van der Waals surface area contributed by atoms with E-state index in [1.54, 1.807) is 0 Å². The number of halogens is 1. The predicted molar refractivity (Wildman–Crippen MR) is 95.5 cm³/mol. The first-order chi connectivity index (χ1) is 10.1. The third kappa shape index (κ3) is 1.32. The van der Waals surface area contributed by atoms with E-state index in [-0.39, 0.29) is 11.1 Å². The average molecular weight is 389 g/mol. The molecular weight excluding hydrogens is 369 g/mol. The van der Waals surface area contributed by atoms with Crippen molar-refractivity contribution in [3.63, 3.8) is 0 Å². The van der Waals surface area contributed by atoms with Crippen LogP contribution in [0.3, 0.4) is 0 Å². The highest BCUT2D eigenvalue weighted by Gasteiger charge is 2.63. The van der Waals surface area contributed by atoms with Crippen LogP contribution < -0.4 is 0 Å². The molecule has 2 unspecified atom stereocenters. The fourth-order valence-electron chi connectivity index (χ4n) is 5.00. The Hall–Kier alpha value is -0.870. The van der Waals surface area contributed by atoms with Gasteiger partial charge in [0.1, 0.15) is 0 Å². The molecule has 2 heterocycles. The zero-order chi connectivity index (χ0) is 14.8. The van der Waals surface area contributed by atoms with Gasteiger partial charge in [0.25, 0.3) is 0 Å². The Morgan fingerprint density at radius 1 is 0.857 bits per heavy atom. The van der Waals surface area contributed by atoms with E-state index in [0.29, 0.717) is 0 Å². The van der Waals surface area contributed by atoms with E-state index in [9.17, 15) is 0 Å². The zero-order valence-electron chi connectivity index (χ0n) is 12.8. The molecule has 0 N–H and O–H groups in total. The maximum atomic E-state index is 2.64. The summed E-state index contributed by atoms with van der Waals surface area (Å²) in [5, 5.41) is 0. The van der Waals surface area contributed by atoms with Gasteiger partial charge in [0.15, 0.2) is 0 Å². The smallest absolute Gasteiger partial charge is 0.0727 e. The second-order valence-electron chi connectivity index (χ2n) is 6.22. The highest BCUT2D eigenvalue weighted by atomic mass is 127. The van der Waals surface area contributed by atoms with Crippen LogP contribution in [0.5, 0.6) is 0 Å². The summed E-state index contributed by atoms with van der Waals surface area (Å²) in [6.45, 7) is 4.65. The molecule has 2 aromatic carbocycles. The number of hydrogen-bond acceptors (Lipinski definition) is 1. The number of nitrogens with zero attached hydrogens (tertiary/aromatic N) is 1. The highest BCUT2D eigenvalue weighted by molar-refractivity contribution is 14.1. The highest BCUT2D eigenvalue weighted by Crippen LogP contribution is 2.64. The molecule has 1 nitrogen and oxygen atoms in total. The second-order valence-corrected chi connectivity index (χ2v) is 7.47. The monoisotopic (exact) mass is 389 g/mol. The van der Waals surface area contributed by atoms with Crippen LogP contribution in [0.1, 0.15) is 48.9 Å². The normalized spacial score (nSPS) is 29.5. The number of rotatable bonds is 2. The summed E-state index contributed by atoms with van der Waals surface area (Å²) >= 11 is 2.44. The van der Waals surface area contributed by atoms with Gasteiger partial charge >= 0.3 is 0 Å². The summed E-state index contributed by atoms with van der Waals surface area (Å²) in [5.41, 5.74) is 6.21. The average Bonchev–Trinajstić information content (AvgIpc) is 2.87. The van der Waals surface area contributed by atoms with Gasteiger partial charge in [-0.05, 0) is 76.9 Å². The first-order valence-electron chi connectivity index (χ1n) is 7.77. The molecule has 0 spiro atoms. The van der Waals surface area contributed by atoms with E-state index < -0.39 is 0 Å². The first-order valence-corrected chi connectivity index (χ1v) is 8.85. The topological polar surface area (TPSA) is 3.24 Å². The Morgan fingerprint density at radius 3 is 1.95 bits per heavy atom. The van der Waals surface area contributed by atoms with Crippen LogP contribution in [0.25, 0.3) is 0 Å². The van der Waals surface area contributed by atoms with Gasteiger partial charge in [0, 0.05) is 3.57 Å². The van der Waals surface area contributed by atoms with Crippen LogP contribution in [0.15, 0.2) is 42.5 Å². The lowest BCUT2D eigenvalue weighted by atomic mass is 9.71. The minimum Gasteiger partial charge on any atom is -0.279 e. The van der Waals surface area contributed by atoms with Gasteiger partial charge in [-0.2, -0.15) is 0 Å². The molecule has 2 atom stereocenters. The summed E-state index contributed by atoms with van der Waals surface area (Å²) in [6.07, 6.45) is 2.24. The summed E-state index contributed by atoms with van der Waals surface area (Å²) in [5.74, 6) is 0. The molecule has 0 aromatic heterocycles. The quantitative estimate of drug-likeness (QED) is 0.664. The third-order valence-corrected chi connectivity index (χ3v) is 6.53. The predicted octanol–water partition coefficient (Wildman–Crippen LogP) is 4.86. The van der Waals surface area contributed by atoms with Gasteiger partial charge in [-0.25, -0.2) is 0 Å². The Kier molecular flexibility index (Phi) is 2.84. The molecule has 108 valence electrons. The summed E-state index contributed by atoms with van der Waals surface area (Å²) < 4.78 is 1.34. The number of benzene rings is 2. The van der Waals surface area contributed by atoms with Gasteiger partial charge in [0.05, 0.1) is 11.1 Å². The largest absolute Gasteiger partial charge is 0.279 e. The van der Waals surface area contributed by atoms with Crippen molar-refractivity contribution in [3.05, 3.63) is 68.3 Å². The van der Waals surface area contributed by atoms with Crippen LogP contribution in [-0.2, 0) is 11.1 Å². The summed E-state index contributed by atoms with van der Waals surface area (Å²) in [7, 11) is 2.32. The Balaban J connectivity index is 2.17. The van der Waals surface area contributed by atoms with Crippen molar-refractivity contribution in [1.82, 2.24) is 4.90 Å². The molecule has 2 aliphatic rings. The van der Waals surface area contributed by atoms with E-state index in [0.717, 1.165) is 12.8 Å². The van der Waals surface area contributed by atoms with Crippen molar-refractivity contribution in [2.45, 2.75) is 37.8 Å². The number of fused-ring (bicyclic) bond motifs is 8. The fraction of sp³-hybridized carbons (Fsp3) is 0.368. The lowest BCUT2D eigenvalue weighted by Crippen LogP contribution is -2.42. The SMILES string of the molecule is CCC12c3ccccc3C(CC)(c3cc(I)ccc31)N2C. The summed E-state index contributed by atoms with van der Waals surface area (Å²) in [4.78, 5) is 2.64. The standard InChI is InChI=1S/C19H20IN/c1-4-18-14-8-6-7-9-15(14)19(5-2,21(18)3)17-12-13(20)10-11-16(17)18/h6-12H,4-5H2,1-3H3. The van der Waals surface area contributed by atoms with E-state index >= 15 is 0 Å². The zero-order valence-corrected chi connectivity index (χ0v) is 14.9. The molecule has 2 aromatic rings. The molecule has 0 radical (unpaired) electrons. The summed E-state index contributed by atoms with van der Waals surface area (Å²) in [6, 6.07) is 16.1. The van der Waals surface area contributed by atoms with Crippen molar-refractivity contribution in [2.75, 3.05) is 7.05 Å². The van der Waals surface area contributed by atoms with Crippen LogP contribution in [0, 0.1) is 3.57 Å². The van der Waals surface area contributed by atoms with Crippen molar-refractivity contribution < 1.29 is 0 Å². The molecule has 2 bridgehead atoms. The first kappa shape index (κ1) is 13.8.